The summed E-state index contributed by atoms with van der Waals surface area (Å²) in [4.78, 5) is 52.4. The Hall–Kier alpha value is -2.12. The first-order valence-electron chi connectivity index (χ1n) is 17.6. The average molecular weight is 613 g/mol. The van der Waals surface area contributed by atoms with Gasteiger partial charge in [0, 0.05) is 30.3 Å². The van der Waals surface area contributed by atoms with Crippen LogP contribution >= 0.6 is 0 Å². The number of hydrogen-bond acceptors (Lipinski definition) is 7. The van der Waals surface area contributed by atoms with E-state index in [9.17, 15) is 29.4 Å². The maximum Gasteiger partial charge on any atom is 0.310 e. The van der Waals surface area contributed by atoms with Crippen LogP contribution in [0.5, 0.6) is 0 Å². The quantitative estimate of drug-likeness (QED) is 0.133. The first kappa shape index (κ1) is 34.7. The molecule has 0 radical (unpaired) electrons. The molecule has 7 heteroatoms. The Labute approximate surface area is 264 Å². The molecule has 0 amide bonds. The van der Waals surface area contributed by atoms with E-state index in [4.69, 9.17) is 4.74 Å². The SMILES string of the molecule is CCCCCCCCCCCCCCCC(=O)OC1=CC(=O)C=C2CC[C@@H]3[C@H](C(=O)C[C@@]4(C)[C@H]3CC[C@]4(O)C(=O)CO)[C@]21C. The van der Waals surface area contributed by atoms with Gasteiger partial charge in [0.2, 0.25) is 0 Å². The predicted molar refractivity (Wildman–Crippen MR) is 169 cm³/mol. The third-order valence-electron chi connectivity index (χ3n) is 11.9. The van der Waals surface area contributed by atoms with Gasteiger partial charge in [-0.25, -0.2) is 0 Å². The largest absolute Gasteiger partial charge is 0.430 e. The molecule has 0 aromatic carbocycles. The Morgan fingerprint density at radius 3 is 2.07 bits per heavy atom. The Morgan fingerprint density at radius 1 is 0.886 bits per heavy atom. The molecular formula is C37H56O7. The van der Waals surface area contributed by atoms with Gasteiger partial charge in [-0.05, 0) is 56.9 Å². The van der Waals surface area contributed by atoms with E-state index >= 15 is 0 Å². The molecule has 0 heterocycles. The zero-order valence-electron chi connectivity index (χ0n) is 27.5. The van der Waals surface area contributed by atoms with Gasteiger partial charge in [-0.1, -0.05) is 96.5 Å². The van der Waals surface area contributed by atoms with Gasteiger partial charge in [0.1, 0.15) is 23.8 Å². The molecule has 0 aliphatic heterocycles. The normalized spacial score (nSPS) is 32.8. The number of aliphatic hydroxyl groups excluding tert-OH is 1. The summed E-state index contributed by atoms with van der Waals surface area (Å²) in [6, 6.07) is 0. The van der Waals surface area contributed by atoms with Crippen LogP contribution in [0.25, 0.3) is 0 Å². The summed E-state index contributed by atoms with van der Waals surface area (Å²) in [7, 11) is 0. The van der Waals surface area contributed by atoms with E-state index < -0.39 is 34.7 Å². The Morgan fingerprint density at radius 2 is 1.48 bits per heavy atom. The predicted octanol–water partition coefficient (Wildman–Crippen LogP) is 7.12. The zero-order chi connectivity index (χ0) is 32.0. The van der Waals surface area contributed by atoms with Gasteiger partial charge in [0.05, 0.1) is 5.41 Å². The fraction of sp³-hybridized carbons (Fsp3) is 0.784. The molecule has 3 fully saturated rings. The van der Waals surface area contributed by atoms with Crippen LogP contribution in [0.3, 0.4) is 0 Å². The lowest BCUT2D eigenvalue weighted by molar-refractivity contribution is -0.171. The number of fused-ring (bicyclic) bond motifs is 5. The van der Waals surface area contributed by atoms with Crippen molar-refractivity contribution in [2.45, 2.75) is 148 Å². The molecule has 0 aromatic heterocycles. The first-order chi connectivity index (χ1) is 21.0. The number of carbonyl (C=O) groups is 4. The van der Waals surface area contributed by atoms with Crippen LogP contribution in [-0.4, -0.2) is 45.7 Å². The van der Waals surface area contributed by atoms with E-state index in [-0.39, 0.29) is 54.4 Å². The summed E-state index contributed by atoms with van der Waals surface area (Å²) in [5.74, 6) is -1.75. The smallest absolute Gasteiger partial charge is 0.310 e. The fourth-order valence-electron chi connectivity index (χ4n) is 9.29. The van der Waals surface area contributed by atoms with Crippen LogP contribution in [0.4, 0.5) is 0 Å². The van der Waals surface area contributed by atoms with Crippen molar-refractivity contribution in [2.24, 2.45) is 28.6 Å². The number of aliphatic hydroxyl groups is 2. The fourth-order valence-corrected chi connectivity index (χ4v) is 9.29. The number of ketones is 3. The van der Waals surface area contributed by atoms with Crippen LogP contribution in [-0.2, 0) is 23.9 Å². The lowest BCUT2D eigenvalue weighted by Gasteiger charge is -2.57. The monoisotopic (exact) mass is 612 g/mol. The summed E-state index contributed by atoms with van der Waals surface area (Å²) >= 11 is 0. The third-order valence-corrected chi connectivity index (χ3v) is 11.9. The van der Waals surface area contributed by atoms with E-state index in [0.717, 1.165) is 24.8 Å². The number of Topliss-reactive ketones (excluding diaryl/α,β-unsaturated/α-hetero) is 2. The second-order valence-corrected chi connectivity index (χ2v) is 14.6. The maximum absolute atomic E-state index is 14.0. The van der Waals surface area contributed by atoms with Crippen molar-refractivity contribution in [3.8, 4) is 0 Å². The van der Waals surface area contributed by atoms with Crippen LogP contribution in [0.1, 0.15) is 143 Å². The lowest BCUT2D eigenvalue weighted by Crippen LogP contribution is -2.61. The number of rotatable bonds is 17. The molecule has 0 saturated heterocycles. The Balaban J connectivity index is 1.30. The minimum absolute atomic E-state index is 0.0120. The number of carbonyl (C=O) groups excluding carboxylic acids is 4. The van der Waals surface area contributed by atoms with Crippen molar-refractivity contribution in [1.82, 2.24) is 0 Å². The van der Waals surface area contributed by atoms with Crippen LogP contribution in [0, 0.1) is 28.6 Å². The van der Waals surface area contributed by atoms with Gasteiger partial charge in [0.15, 0.2) is 11.6 Å². The molecule has 0 bridgehead atoms. The van der Waals surface area contributed by atoms with Gasteiger partial charge in [-0.15, -0.1) is 0 Å². The maximum atomic E-state index is 14.0. The summed E-state index contributed by atoms with van der Waals surface area (Å²) < 4.78 is 5.94. The van der Waals surface area contributed by atoms with Crippen LogP contribution in [0.15, 0.2) is 23.5 Å². The van der Waals surface area contributed by atoms with E-state index in [1.54, 1.807) is 6.08 Å². The minimum atomic E-state index is -1.73. The summed E-state index contributed by atoms with van der Waals surface area (Å²) in [6.45, 7) is 5.23. The van der Waals surface area contributed by atoms with Gasteiger partial charge in [-0.2, -0.15) is 0 Å². The molecule has 4 rings (SSSR count). The van der Waals surface area contributed by atoms with Gasteiger partial charge < -0.3 is 14.9 Å². The lowest BCUT2D eigenvalue weighted by atomic mass is 9.46. The van der Waals surface area contributed by atoms with Crippen molar-refractivity contribution < 1.29 is 34.1 Å². The van der Waals surface area contributed by atoms with Crippen LogP contribution < -0.4 is 0 Å². The number of hydrogen-bond donors (Lipinski definition) is 2. The molecule has 0 aromatic rings. The van der Waals surface area contributed by atoms with Gasteiger partial charge >= 0.3 is 5.97 Å². The topological polar surface area (TPSA) is 118 Å². The molecule has 44 heavy (non-hydrogen) atoms. The highest BCUT2D eigenvalue weighted by Crippen LogP contribution is 2.67. The number of esters is 1. The van der Waals surface area contributed by atoms with Crippen molar-refractivity contribution >= 4 is 23.3 Å². The molecule has 0 spiro atoms. The van der Waals surface area contributed by atoms with E-state index in [2.05, 4.69) is 6.92 Å². The van der Waals surface area contributed by atoms with Gasteiger partial charge in [0.25, 0.3) is 0 Å². The average Bonchev–Trinajstić information content (AvgIpc) is 3.26. The van der Waals surface area contributed by atoms with E-state index in [1.165, 1.54) is 70.3 Å². The van der Waals surface area contributed by atoms with E-state index in [1.807, 2.05) is 13.8 Å². The summed E-state index contributed by atoms with van der Waals surface area (Å²) in [5, 5.41) is 21.0. The third kappa shape index (κ3) is 6.84. The number of ether oxygens (including phenoxy) is 1. The molecule has 4 aliphatic rings. The van der Waals surface area contributed by atoms with Crippen LogP contribution in [0.2, 0.25) is 0 Å². The van der Waals surface area contributed by atoms with E-state index in [0.29, 0.717) is 19.3 Å². The molecule has 0 unspecified atom stereocenters. The Bertz CT molecular complexity index is 1140. The zero-order valence-corrected chi connectivity index (χ0v) is 27.5. The molecule has 4 aliphatic carbocycles. The van der Waals surface area contributed by atoms with Crippen molar-refractivity contribution in [3.63, 3.8) is 0 Å². The van der Waals surface area contributed by atoms with Crippen molar-refractivity contribution in [1.29, 1.82) is 0 Å². The molecule has 2 N–H and O–H groups in total. The highest BCUT2D eigenvalue weighted by atomic mass is 16.5. The highest BCUT2D eigenvalue weighted by molar-refractivity contribution is 6.03. The highest BCUT2D eigenvalue weighted by Gasteiger charge is 2.69. The number of unbranched alkanes of at least 4 members (excludes halogenated alkanes) is 12. The second-order valence-electron chi connectivity index (χ2n) is 14.6. The summed E-state index contributed by atoms with van der Waals surface area (Å²) in [6.07, 6.45) is 21.2. The minimum Gasteiger partial charge on any atom is -0.430 e. The number of allylic oxidation sites excluding steroid dienone is 3. The molecule has 7 nitrogen and oxygen atoms in total. The Kier molecular flexibility index (Phi) is 11.8. The first-order valence-corrected chi connectivity index (χ1v) is 17.6. The van der Waals surface area contributed by atoms with Crippen molar-refractivity contribution in [3.05, 3.63) is 23.5 Å². The molecule has 246 valence electrons. The summed E-state index contributed by atoms with van der Waals surface area (Å²) in [5.41, 5.74) is -2.78. The van der Waals surface area contributed by atoms with Crippen molar-refractivity contribution in [2.75, 3.05) is 6.61 Å². The second kappa shape index (κ2) is 15.0. The molecule has 6 atom stereocenters. The van der Waals surface area contributed by atoms with Gasteiger partial charge in [-0.3, -0.25) is 19.2 Å². The standard InChI is InChI=1S/C37H56O7/c1-4-5-6-7-8-9-10-11-12-13-14-15-16-17-33(42)44-32-23-27(39)22-26-18-19-28-29-20-21-37(43,31(41)25-38)35(29,2)24-30(40)34(28)36(26,32)3/h22-23,28-29,34,38,43H,4-21,24-25H2,1-3H3/t28-,29-,34+,35-,36+,37-/m0/s1. The molecular weight excluding hydrogens is 556 g/mol. The molecule has 3 saturated carbocycles.